The number of benzene rings is 2. The number of rotatable bonds is 5. The Balaban J connectivity index is 2.14. The monoisotopic (exact) mass is 394 g/mol. The largest absolute Gasteiger partial charge is 0.402 e. The van der Waals surface area contributed by atoms with Crippen LogP contribution < -0.4 is 10.0 Å². The Morgan fingerprint density at radius 3 is 2.00 bits per heavy atom. The summed E-state index contributed by atoms with van der Waals surface area (Å²) in [4.78, 5) is 11.4. The highest BCUT2D eigenvalue weighted by molar-refractivity contribution is 7.89. The predicted molar refractivity (Wildman–Crippen MR) is 82.0 cm³/mol. The number of hydrogen-bond donors (Lipinski definition) is 2. The van der Waals surface area contributed by atoms with Gasteiger partial charge in [-0.3, -0.25) is 4.79 Å². The smallest absolute Gasteiger partial charge is 0.322 e. The number of hydrogen-bond acceptors (Lipinski definition) is 3. The third kappa shape index (κ3) is 4.99. The molecule has 0 aliphatic heterocycles. The van der Waals surface area contributed by atoms with E-state index >= 15 is 0 Å². The van der Waals surface area contributed by atoms with Gasteiger partial charge in [0.05, 0.1) is 4.90 Å². The molecule has 0 bridgehead atoms. The van der Waals surface area contributed by atoms with Gasteiger partial charge in [0.2, 0.25) is 10.0 Å². The van der Waals surface area contributed by atoms with Crippen molar-refractivity contribution in [3.63, 3.8) is 0 Å². The molecule has 0 aliphatic carbocycles. The summed E-state index contributed by atoms with van der Waals surface area (Å²) in [6.45, 7) is -1.74. The Bertz CT molecular complexity index is 892. The molecule has 2 rings (SSSR count). The normalized spacial score (nSPS) is 12.0. The molecular formula is C15H11F5N2O3S. The Hall–Kier alpha value is -2.53. The zero-order valence-electron chi connectivity index (χ0n) is 12.8. The van der Waals surface area contributed by atoms with E-state index in [0.29, 0.717) is 0 Å². The summed E-state index contributed by atoms with van der Waals surface area (Å²) in [6.07, 6.45) is -4.72. The summed E-state index contributed by atoms with van der Waals surface area (Å²) >= 11 is 0. The molecule has 26 heavy (non-hydrogen) atoms. The second kappa shape index (κ2) is 7.38. The molecule has 0 saturated carbocycles. The Morgan fingerprint density at radius 2 is 1.50 bits per heavy atom. The summed E-state index contributed by atoms with van der Waals surface area (Å²) in [7, 11) is -4.41. The highest BCUT2D eigenvalue weighted by atomic mass is 32.2. The topological polar surface area (TPSA) is 75.3 Å². The number of carbonyl (C=O) groups excluding carboxylic acids is 1. The van der Waals surface area contributed by atoms with Crippen molar-refractivity contribution in [1.82, 2.24) is 4.72 Å². The van der Waals surface area contributed by atoms with Crippen molar-refractivity contribution in [1.29, 1.82) is 0 Å². The Morgan fingerprint density at radius 1 is 0.962 bits per heavy atom. The van der Waals surface area contributed by atoms with E-state index < -0.39 is 50.7 Å². The van der Waals surface area contributed by atoms with Gasteiger partial charge in [0, 0.05) is 5.69 Å². The fraction of sp³-hybridized carbons (Fsp3) is 0.133. The maximum atomic E-state index is 13.5. The minimum absolute atomic E-state index is 0.00701. The number of nitrogens with one attached hydrogen (secondary N) is 2. The summed E-state index contributed by atoms with van der Waals surface area (Å²) in [5.74, 6) is -3.28. The van der Waals surface area contributed by atoms with Gasteiger partial charge in [-0.1, -0.05) is 6.07 Å². The molecule has 0 saturated heterocycles. The van der Waals surface area contributed by atoms with Crippen LogP contribution >= 0.6 is 0 Å². The summed E-state index contributed by atoms with van der Waals surface area (Å²) < 4.78 is 88.2. The van der Waals surface area contributed by atoms with E-state index in [4.69, 9.17) is 0 Å². The highest BCUT2D eigenvalue weighted by Gasteiger charge is 2.30. The standard InChI is InChI=1S/C15H11F5N2O3S/c16-11-2-1-3-12(17)13(11)14(23)22-9-4-6-10(7-5-9)26(24,25)21-8-15(18,19)20/h1-7,21H,8H2,(H,22,23). The van der Waals surface area contributed by atoms with E-state index in [2.05, 4.69) is 5.32 Å². The number of carbonyl (C=O) groups is 1. The van der Waals surface area contributed by atoms with Crippen LogP contribution in [-0.2, 0) is 10.0 Å². The van der Waals surface area contributed by atoms with Crippen molar-refractivity contribution in [2.24, 2.45) is 0 Å². The van der Waals surface area contributed by atoms with Crippen LogP contribution in [-0.4, -0.2) is 27.0 Å². The van der Waals surface area contributed by atoms with Crippen LogP contribution in [0.2, 0.25) is 0 Å². The van der Waals surface area contributed by atoms with E-state index in [9.17, 15) is 35.2 Å². The van der Waals surface area contributed by atoms with E-state index in [0.717, 1.165) is 42.5 Å². The van der Waals surface area contributed by atoms with Crippen LogP contribution in [0.25, 0.3) is 0 Å². The molecule has 0 atom stereocenters. The van der Waals surface area contributed by atoms with Crippen LogP contribution in [0.4, 0.5) is 27.6 Å². The average Bonchev–Trinajstić information content (AvgIpc) is 2.53. The first-order chi connectivity index (χ1) is 12.0. The van der Waals surface area contributed by atoms with E-state index in [1.807, 2.05) is 0 Å². The van der Waals surface area contributed by atoms with Crippen molar-refractivity contribution in [2.75, 3.05) is 11.9 Å². The molecule has 140 valence electrons. The predicted octanol–water partition coefficient (Wildman–Crippen LogP) is 3.06. The van der Waals surface area contributed by atoms with Gasteiger partial charge in [-0.05, 0) is 36.4 Å². The van der Waals surface area contributed by atoms with E-state index in [1.54, 1.807) is 0 Å². The van der Waals surface area contributed by atoms with Crippen molar-refractivity contribution >= 4 is 21.6 Å². The van der Waals surface area contributed by atoms with Crippen LogP contribution in [0.1, 0.15) is 10.4 Å². The van der Waals surface area contributed by atoms with Gasteiger partial charge < -0.3 is 5.32 Å². The number of halogens is 5. The lowest BCUT2D eigenvalue weighted by atomic mass is 10.2. The molecule has 5 nitrogen and oxygen atoms in total. The van der Waals surface area contributed by atoms with Crippen LogP contribution in [0, 0.1) is 11.6 Å². The lowest BCUT2D eigenvalue weighted by Gasteiger charge is -2.10. The van der Waals surface area contributed by atoms with Crippen molar-refractivity contribution < 1.29 is 35.2 Å². The van der Waals surface area contributed by atoms with Gasteiger partial charge in [-0.25, -0.2) is 21.9 Å². The minimum atomic E-state index is -4.72. The average molecular weight is 394 g/mol. The molecule has 0 unspecified atom stereocenters. The number of amides is 1. The molecule has 2 aromatic carbocycles. The Kier molecular flexibility index (Phi) is 5.62. The van der Waals surface area contributed by atoms with Gasteiger partial charge in [-0.15, -0.1) is 0 Å². The third-order valence-electron chi connectivity index (χ3n) is 3.07. The second-order valence-corrected chi connectivity index (χ2v) is 6.78. The molecule has 0 aromatic heterocycles. The number of alkyl halides is 3. The molecule has 2 N–H and O–H groups in total. The molecular weight excluding hydrogens is 383 g/mol. The first-order valence-electron chi connectivity index (χ1n) is 6.91. The zero-order chi connectivity index (χ0) is 19.5. The van der Waals surface area contributed by atoms with Crippen molar-refractivity contribution in [2.45, 2.75) is 11.1 Å². The first kappa shape index (κ1) is 19.8. The van der Waals surface area contributed by atoms with Crippen LogP contribution in [0.5, 0.6) is 0 Å². The summed E-state index contributed by atoms with van der Waals surface area (Å²) in [6, 6.07) is 6.87. The van der Waals surface area contributed by atoms with Gasteiger partial charge >= 0.3 is 6.18 Å². The lowest BCUT2D eigenvalue weighted by Crippen LogP contribution is -2.33. The lowest BCUT2D eigenvalue weighted by molar-refractivity contribution is -0.121. The SMILES string of the molecule is O=C(Nc1ccc(S(=O)(=O)NCC(F)(F)F)cc1)c1c(F)cccc1F. The fourth-order valence-corrected chi connectivity index (χ4v) is 2.90. The van der Waals surface area contributed by atoms with E-state index in [1.165, 1.54) is 4.72 Å². The number of anilines is 1. The first-order valence-corrected chi connectivity index (χ1v) is 8.40. The van der Waals surface area contributed by atoms with E-state index in [-0.39, 0.29) is 5.69 Å². The van der Waals surface area contributed by atoms with Crippen molar-refractivity contribution in [3.8, 4) is 0 Å². The van der Waals surface area contributed by atoms with Crippen molar-refractivity contribution in [3.05, 3.63) is 59.7 Å². The third-order valence-corrected chi connectivity index (χ3v) is 4.49. The van der Waals surface area contributed by atoms with Gasteiger partial charge in [0.15, 0.2) is 0 Å². The van der Waals surface area contributed by atoms with Crippen LogP contribution in [0.15, 0.2) is 47.4 Å². The molecule has 0 spiro atoms. The highest BCUT2D eigenvalue weighted by Crippen LogP contribution is 2.19. The molecule has 0 fully saturated rings. The number of sulfonamides is 1. The van der Waals surface area contributed by atoms with Gasteiger partial charge in [0.25, 0.3) is 5.91 Å². The molecule has 2 aromatic rings. The minimum Gasteiger partial charge on any atom is -0.322 e. The van der Waals surface area contributed by atoms with Gasteiger partial charge in [-0.2, -0.15) is 13.2 Å². The van der Waals surface area contributed by atoms with Crippen LogP contribution in [0.3, 0.4) is 0 Å². The molecule has 0 heterocycles. The summed E-state index contributed by atoms with van der Waals surface area (Å²) in [5, 5.41) is 2.16. The molecule has 0 aliphatic rings. The quantitative estimate of drug-likeness (QED) is 0.766. The molecule has 0 radical (unpaired) electrons. The zero-order valence-corrected chi connectivity index (χ0v) is 13.6. The fourth-order valence-electron chi connectivity index (χ4n) is 1.89. The molecule has 1 amide bonds. The Labute approximate surface area is 144 Å². The maximum Gasteiger partial charge on any atom is 0.402 e. The van der Waals surface area contributed by atoms with Gasteiger partial charge in [0.1, 0.15) is 23.7 Å². The second-order valence-electron chi connectivity index (χ2n) is 5.01. The molecule has 11 heteroatoms. The summed E-state index contributed by atoms with van der Waals surface area (Å²) in [5.41, 5.74) is -0.830. The maximum absolute atomic E-state index is 13.5.